The zero-order valence-corrected chi connectivity index (χ0v) is 8.31. The van der Waals surface area contributed by atoms with Gasteiger partial charge in [0.2, 0.25) is 0 Å². The molecule has 0 atom stereocenters. The molecule has 1 heterocycles. The van der Waals surface area contributed by atoms with E-state index in [-0.39, 0.29) is 5.78 Å². The van der Waals surface area contributed by atoms with Gasteiger partial charge in [-0.15, -0.1) is 0 Å². The first-order valence-corrected chi connectivity index (χ1v) is 4.92. The van der Waals surface area contributed by atoms with Crippen molar-refractivity contribution in [2.24, 2.45) is 0 Å². The maximum Gasteiger partial charge on any atom is 0.143 e. The Labute approximate surface area is 79.7 Å². The second kappa shape index (κ2) is 6.07. The van der Waals surface area contributed by atoms with Crippen LogP contribution in [0.5, 0.6) is 0 Å². The Kier molecular flexibility index (Phi) is 4.97. The average molecular weight is 185 g/mol. The fraction of sp³-hybridized carbons (Fsp3) is 0.889. The zero-order chi connectivity index (χ0) is 9.52. The minimum Gasteiger partial charge on any atom is -0.314 e. The highest BCUT2D eigenvalue weighted by Crippen LogP contribution is 1.89. The SMILES string of the molecule is CC(=O)CNCCN1CCNCC1. The zero-order valence-electron chi connectivity index (χ0n) is 8.31. The number of rotatable bonds is 5. The Bertz CT molecular complexity index is 155. The van der Waals surface area contributed by atoms with Crippen LogP contribution in [-0.4, -0.2) is 56.5 Å². The third kappa shape index (κ3) is 4.98. The molecule has 1 aliphatic heterocycles. The van der Waals surface area contributed by atoms with Crippen LogP contribution in [-0.2, 0) is 4.79 Å². The first-order chi connectivity index (χ1) is 6.29. The van der Waals surface area contributed by atoms with E-state index >= 15 is 0 Å². The summed E-state index contributed by atoms with van der Waals surface area (Å²) in [6, 6.07) is 0. The minimum absolute atomic E-state index is 0.209. The molecular weight excluding hydrogens is 166 g/mol. The lowest BCUT2D eigenvalue weighted by molar-refractivity contribution is -0.116. The van der Waals surface area contributed by atoms with Gasteiger partial charge >= 0.3 is 0 Å². The molecule has 1 aliphatic rings. The summed E-state index contributed by atoms with van der Waals surface area (Å²) in [6.45, 7) is 8.52. The molecule has 13 heavy (non-hydrogen) atoms. The van der Waals surface area contributed by atoms with E-state index in [2.05, 4.69) is 15.5 Å². The number of hydrogen-bond donors (Lipinski definition) is 2. The van der Waals surface area contributed by atoms with Crippen molar-refractivity contribution in [1.82, 2.24) is 15.5 Å². The summed E-state index contributed by atoms with van der Waals surface area (Å²) in [5.41, 5.74) is 0. The van der Waals surface area contributed by atoms with Crippen LogP contribution < -0.4 is 10.6 Å². The quantitative estimate of drug-likeness (QED) is 0.543. The smallest absolute Gasteiger partial charge is 0.143 e. The summed E-state index contributed by atoms with van der Waals surface area (Å²) < 4.78 is 0. The molecule has 0 radical (unpaired) electrons. The lowest BCUT2D eigenvalue weighted by Crippen LogP contribution is -2.46. The molecule has 0 aliphatic carbocycles. The number of carbonyl (C=O) groups is 1. The van der Waals surface area contributed by atoms with Gasteiger partial charge in [-0.3, -0.25) is 9.69 Å². The number of nitrogens with one attached hydrogen (secondary N) is 2. The van der Waals surface area contributed by atoms with Crippen molar-refractivity contribution in [3.63, 3.8) is 0 Å². The third-order valence-electron chi connectivity index (χ3n) is 2.19. The second-order valence-electron chi connectivity index (χ2n) is 3.47. The highest BCUT2D eigenvalue weighted by atomic mass is 16.1. The van der Waals surface area contributed by atoms with Crippen LogP contribution >= 0.6 is 0 Å². The molecule has 1 fully saturated rings. The Hall–Kier alpha value is -0.450. The van der Waals surface area contributed by atoms with Crippen molar-refractivity contribution >= 4 is 5.78 Å². The van der Waals surface area contributed by atoms with E-state index in [1.807, 2.05) is 0 Å². The summed E-state index contributed by atoms with van der Waals surface area (Å²) in [5, 5.41) is 6.43. The van der Waals surface area contributed by atoms with E-state index in [0.29, 0.717) is 6.54 Å². The van der Waals surface area contributed by atoms with Gasteiger partial charge in [0.15, 0.2) is 0 Å². The monoisotopic (exact) mass is 185 g/mol. The summed E-state index contributed by atoms with van der Waals surface area (Å²) >= 11 is 0. The topological polar surface area (TPSA) is 44.4 Å². The number of ketones is 1. The van der Waals surface area contributed by atoms with Gasteiger partial charge in [-0.2, -0.15) is 0 Å². The van der Waals surface area contributed by atoms with Crippen LogP contribution in [0.4, 0.5) is 0 Å². The van der Waals surface area contributed by atoms with Crippen molar-refractivity contribution in [2.45, 2.75) is 6.92 Å². The van der Waals surface area contributed by atoms with Crippen LogP contribution in [0.25, 0.3) is 0 Å². The standard InChI is InChI=1S/C9H19N3O/c1-9(13)8-11-4-7-12-5-2-10-3-6-12/h10-11H,2-8H2,1H3. The van der Waals surface area contributed by atoms with Crippen LogP contribution in [0.3, 0.4) is 0 Å². The molecule has 1 rings (SSSR count). The number of hydrogen-bond acceptors (Lipinski definition) is 4. The molecule has 1 saturated heterocycles. The molecule has 0 spiro atoms. The van der Waals surface area contributed by atoms with E-state index in [4.69, 9.17) is 0 Å². The predicted octanol–water partition coefficient (Wildman–Crippen LogP) is -0.930. The Morgan fingerprint density at radius 1 is 1.46 bits per heavy atom. The molecular formula is C9H19N3O. The molecule has 0 amide bonds. The molecule has 0 aromatic carbocycles. The van der Waals surface area contributed by atoms with Gasteiger partial charge < -0.3 is 10.6 Å². The molecule has 0 saturated carbocycles. The van der Waals surface area contributed by atoms with Gasteiger partial charge in [0.1, 0.15) is 5.78 Å². The van der Waals surface area contributed by atoms with E-state index in [1.165, 1.54) is 0 Å². The largest absolute Gasteiger partial charge is 0.314 e. The Morgan fingerprint density at radius 3 is 2.77 bits per heavy atom. The Morgan fingerprint density at radius 2 is 2.15 bits per heavy atom. The van der Waals surface area contributed by atoms with Crippen LogP contribution in [0.2, 0.25) is 0 Å². The van der Waals surface area contributed by atoms with Crippen molar-refractivity contribution in [1.29, 1.82) is 0 Å². The first kappa shape index (κ1) is 10.6. The lowest BCUT2D eigenvalue weighted by atomic mass is 10.3. The van der Waals surface area contributed by atoms with E-state index in [9.17, 15) is 4.79 Å². The summed E-state index contributed by atoms with van der Waals surface area (Å²) in [4.78, 5) is 13.0. The van der Waals surface area contributed by atoms with Gasteiger partial charge in [-0.25, -0.2) is 0 Å². The van der Waals surface area contributed by atoms with Gasteiger partial charge in [-0.1, -0.05) is 0 Å². The highest BCUT2D eigenvalue weighted by molar-refractivity contribution is 5.77. The molecule has 0 aromatic rings. The number of nitrogens with zero attached hydrogens (tertiary/aromatic N) is 1. The molecule has 4 nitrogen and oxygen atoms in total. The Balaban J connectivity index is 1.95. The van der Waals surface area contributed by atoms with Crippen LogP contribution in [0.15, 0.2) is 0 Å². The number of Topliss-reactive ketones (excluding diaryl/α,β-unsaturated/α-hetero) is 1. The fourth-order valence-corrected chi connectivity index (χ4v) is 1.44. The fourth-order valence-electron chi connectivity index (χ4n) is 1.44. The molecule has 0 bridgehead atoms. The van der Waals surface area contributed by atoms with Crippen molar-refractivity contribution in [2.75, 3.05) is 45.8 Å². The normalized spacial score (nSPS) is 18.8. The first-order valence-electron chi connectivity index (χ1n) is 4.92. The van der Waals surface area contributed by atoms with Gasteiger partial charge in [0.25, 0.3) is 0 Å². The van der Waals surface area contributed by atoms with E-state index in [1.54, 1.807) is 6.92 Å². The number of piperazine rings is 1. The lowest BCUT2D eigenvalue weighted by Gasteiger charge is -2.27. The van der Waals surface area contributed by atoms with Crippen LogP contribution in [0, 0.1) is 0 Å². The van der Waals surface area contributed by atoms with Crippen LogP contribution in [0.1, 0.15) is 6.92 Å². The second-order valence-corrected chi connectivity index (χ2v) is 3.47. The maximum atomic E-state index is 10.6. The van der Waals surface area contributed by atoms with Crippen molar-refractivity contribution in [3.8, 4) is 0 Å². The van der Waals surface area contributed by atoms with Crippen molar-refractivity contribution < 1.29 is 4.79 Å². The van der Waals surface area contributed by atoms with E-state index < -0.39 is 0 Å². The summed E-state index contributed by atoms with van der Waals surface area (Å²) in [5.74, 6) is 0.209. The minimum atomic E-state index is 0.209. The molecule has 0 unspecified atom stereocenters. The van der Waals surface area contributed by atoms with Crippen molar-refractivity contribution in [3.05, 3.63) is 0 Å². The molecule has 2 N–H and O–H groups in total. The van der Waals surface area contributed by atoms with Gasteiger partial charge in [-0.05, 0) is 6.92 Å². The molecule has 4 heteroatoms. The average Bonchev–Trinajstić information content (AvgIpc) is 2.14. The predicted molar refractivity (Wildman–Crippen MR) is 52.9 cm³/mol. The summed E-state index contributed by atoms with van der Waals surface area (Å²) in [6.07, 6.45) is 0. The van der Waals surface area contributed by atoms with E-state index in [0.717, 1.165) is 39.3 Å². The maximum absolute atomic E-state index is 10.6. The van der Waals surface area contributed by atoms with Gasteiger partial charge in [0, 0.05) is 39.3 Å². The number of carbonyl (C=O) groups excluding carboxylic acids is 1. The molecule has 0 aromatic heterocycles. The third-order valence-corrected chi connectivity index (χ3v) is 2.19. The molecule has 76 valence electrons. The highest BCUT2D eigenvalue weighted by Gasteiger charge is 2.07. The summed E-state index contributed by atoms with van der Waals surface area (Å²) in [7, 11) is 0. The van der Waals surface area contributed by atoms with Gasteiger partial charge in [0.05, 0.1) is 6.54 Å².